The molecule has 0 unspecified atom stereocenters. The third-order valence-corrected chi connectivity index (χ3v) is 9.37. The molecule has 0 bridgehead atoms. The zero-order valence-corrected chi connectivity index (χ0v) is 27.5. The summed E-state index contributed by atoms with van der Waals surface area (Å²) in [4.78, 5) is 0. The van der Waals surface area contributed by atoms with Gasteiger partial charge in [-0.2, -0.15) is 8.78 Å². The average molecular weight is 876 g/mol. The van der Waals surface area contributed by atoms with E-state index < -0.39 is 200 Å². The number of fused-ring (bicyclic) bond motifs is 2. The monoisotopic (exact) mass is 876 g/mol. The molecule has 0 saturated carbocycles. The van der Waals surface area contributed by atoms with Crippen LogP contribution in [0.2, 0.25) is 0 Å². The maximum Gasteiger partial charge on any atom is 0.636 e. The van der Waals surface area contributed by atoms with Crippen LogP contribution in [0.5, 0.6) is 11.5 Å². The van der Waals surface area contributed by atoms with Crippen LogP contribution in [0.4, 0.5) is 92.2 Å². The Hall–Kier alpha value is -6.49. The molecule has 0 saturated heterocycles. The third-order valence-electron chi connectivity index (χ3n) is 9.37. The van der Waals surface area contributed by atoms with Gasteiger partial charge in [-0.1, -0.05) is 0 Å². The number of hydrogen-bond donors (Lipinski definition) is 0. The highest BCUT2D eigenvalue weighted by molar-refractivity contribution is 6.66. The molecule has 0 radical (unpaired) electrons. The molecule has 0 aromatic heterocycles. The molecule has 0 aliphatic carbocycles. The van der Waals surface area contributed by atoms with Gasteiger partial charge in [0, 0.05) is 16.2 Å². The van der Waals surface area contributed by atoms with Gasteiger partial charge in [0.05, 0.1) is 43.2 Å². The van der Waals surface area contributed by atoms with Crippen LogP contribution in [0.25, 0.3) is 53.9 Å². The summed E-state index contributed by atoms with van der Waals surface area (Å²) in [5, 5.41) is -22.1. The summed E-state index contributed by atoms with van der Waals surface area (Å²) in [7, 11) is -4.03. The van der Waals surface area contributed by atoms with E-state index in [0.717, 1.165) is 0 Å². The first-order valence-electron chi connectivity index (χ1n) is 15.5. The lowest BCUT2D eigenvalue weighted by molar-refractivity contribution is 0.370. The van der Waals surface area contributed by atoms with Gasteiger partial charge in [-0.15, -0.1) is 0 Å². The molecule has 60 heavy (non-hydrogen) atoms. The van der Waals surface area contributed by atoms with Gasteiger partial charge in [0.15, 0.2) is 116 Å². The fourth-order valence-electron chi connectivity index (χ4n) is 6.81. The Kier molecular flexibility index (Phi) is 8.91. The first-order valence-corrected chi connectivity index (χ1v) is 15.5. The zero-order chi connectivity index (χ0) is 44.0. The van der Waals surface area contributed by atoms with Crippen LogP contribution < -0.4 is 14.8 Å². The van der Waals surface area contributed by atoms with E-state index in [1.807, 2.05) is 0 Å². The molecule has 24 heteroatoms. The van der Waals surface area contributed by atoms with Crippen LogP contribution in [-0.2, 0) is 0 Å². The smallest absolute Gasteiger partial charge is 0.519 e. The quantitative estimate of drug-likeness (QED) is 0.0428. The molecule has 2 nitrogen and oxygen atoms in total. The molecule has 8 aromatic rings. The second-order valence-corrected chi connectivity index (χ2v) is 12.4. The maximum absolute atomic E-state index is 16.3. The lowest BCUT2D eigenvalue weighted by Crippen LogP contribution is -2.47. The minimum absolute atomic E-state index is 0.00396. The lowest BCUT2D eigenvalue weighted by atomic mass is 9.73. The standard InChI is InChI=1S/C36H2BF21O2/c38-3-1-2-4(39)35(16(3)40)59-37(15-7-11(24(48)31(55)29(15)53)18(42)13-12(17(7)41)25(49)32(56)33(57)26(13)50)60-36-14-6-5-8(19(43)20(44)10(6)27(51)34(36)58)22(46)30(54)23(47)9(5)21(45)28(14)52/h1-2H. The minimum Gasteiger partial charge on any atom is -0.519 e. The summed E-state index contributed by atoms with van der Waals surface area (Å²) >= 11 is 0. The van der Waals surface area contributed by atoms with Gasteiger partial charge >= 0.3 is 7.12 Å². The molecule has 308 valence electrons. The zero-order valence-electron chi connectivity index (χ0n) is 27.5. The van der Waals surface area contributed by atoms with Crippen molar-refractivity contribution < 1.29 is 102 Å². The van der Waals surface area contributed by atoms with Crippen molar-refractivity contribution >= 4 is 66.4 Å². The van der Waals surface area contributed by atoms with Gasteiger partial charge in [0.1, 0.15) is 11.6 Å². The van der Waals surface area contributed by atoms with E-state index in [2.05, 4.69) is 4.65 Å². The number of halogens is 21. The lowest BCUT2D eigenvalue weighted by Gasteiger charge is -2.24. The normalized spacial score (nSPS) is 12.1. The molecule has 0 fully saturated rings. The van der Waals surface area contributed by atoms with E-state index in [1.165, 1.54) is 0 Å². The van der Waals surface area contributed by atoms with Crippen LogP contribution >= 0.6 is 0 Å². The molecule has 0 aliphatic rings. The fraction of sp³-hybridized carbons (Fsp3) is 0. The van der Waals surface area contributed by atoms with Gasteiger partial charge in [0.25, 0.3) is 0 Å². The third kappa shape index (κ3) is 4.98. The van der Waals surface area contributed by atoms with E-state index in [9.17, 15) is 39.5 Å². The topological polar surface area (TPSA) is 18.5 Å². The van der Waals surface area contributed by atoms with Crippen LogP contribution in [0.1, 0.15) is 0 Å². The number of hydrogen-bond acceptors (Lipinski definition) is 2. The highest BCUT2D eigenvalue weighted by atomic mass is 19.2. The summed E-state index contributed by atoms with van der Waals surface area (Å²) < 4.78 is 329. The van der Waals surface area contributed by atoms with Crippen molar-refractivity contribution in [3.63, 3.8) is 0 Å². The number of benzene rings is 8. The van der Waals surface area contributed by atoms with Crippen molar-refractivity contribution in [1.82, 2.24) is 0 Å². The molecule has 0 atom stereocenters. The van der Waals surface area contributed by atoms with E-state index in [-0.39, 0.29) is 12.1 Å². The highest BCUT2D eigenvalue weighted by Gasteiger charge is 2.44. The van der Waals surface area contributed by atoms with Gasteiger partial charge in [0.2, 0.25) is 5.82 Å². The van der Waals surface area contributed by atoms with E-state index >= 15 is 52.7 Å². The summed E-state index contributed by atoms with van der Waals surface area (Å²) in [6.45, 7) is 0. The van der Waals surface area contributed by atoms with Crippen LogP contribution in [0, 0.1) is 122 Å². The summed E-state index contributed by atoms with van der Waals surface area (Å²) in [6.07, 6.45) is 0. The first kappa shape index (κ1) is 40.3. The molecule has 0 aliphatic heterocycles. The summed E-state index contributed by atoms with van der Waals surface area (Å²) in [5.74, 6) is -63.4. The van der Waals surface area contributed by atoms with Crippen molar-refractivity contribution in [3.05, 3.63) is 134 Å². The average Bonchev–Trinajstić information content (AvgIpc) is 3.20. The maximum atomic E-state index is 16.3. The Morgan fingerprint density at radius 3 is 1.02 bits per heavy atom. The van der Waals surface area contributed by atoms with Crippen molar-refractivity contribution in [3.8, 4) is 11.5 Å². The minimum atomic E-state index is -4.03. The van der Waals surface area contributed by atoms with Crippen molar-refractivity contribution in [2.24, 2.45) is 0 Å². The summed E-state index contributed by atoms with van der Waals surface area (Å²) in [5.41, 5.74) is -2.54. The van der Waals surface area contributed by atoms with E-state index in [1.54, 1.807) is 0 Å². The Morgan fingerprint density at radius 2 is 0.533 bits per heavy atom. The fourth-order valence-corrected chi connectivity index (χ4v) is 6.81. The Bertz CT molecular complexity index is 3280. The van der Waals surface area contributed by atoms with Gasteiger partial charge in [-0.3, -0.25) is 0 Å². The van der Waals surface area contributed by atoms with Crippen molar-refractivity contribution in [1.29, 1.82) is 0 Å². The second kappa shape index (κ2) is 13.3. The molecular weight excluding hydrogens is 874 g/mol. The predicted molar refractivity (Wildman–Crippen MR) is 164 cm³/mol. The van der Waals surface area contributed by atoms with Crippen molar-refractivity contribution in [2.45, 2.75) is 0 Å². The van der Waals surface area contributed by atoms with Gasteiger partial charge in [-0.05, 0) is 12.1 Å². The molecule has 0 heterocycles. The van der Waals surface area contributed by atoms with E-state index in [4.69, 9.17) is 4.65 Å². The van der Waals surface area contributed by atoms with Crippen LogP contribution in [-0.4, -0.2) is 7.12 Å². The first-order chi connectivity index (χ1) is 28.1. The number of rotatable bonds is 5. The van der Waals surface area contributed by atoms with Crippen LogP contribution in [0.3, 0.4) is 0 Å². The predicted octanol–water partition coefficient (Wildman–Crippen LogP) is 11.7. The molecule has 0 N–H and O–H groups in total. The van der Waals surface area contributed by atoms with E-state index in [0.29, 0.717) is 0 Å². The molecule has 0 spiro atoms. The largest absolute Gasteiger partial charge is 0.636 e. The molecule has 8 aromatic carbocycles. The van der Waals surface area contributed by atoms with Gasteiger partial charge in [-0.25, -0.2) is 83.4 Å². The Balaban J connectivity index is 1.58. The highest BCUT2D eigenvalue weighted by Crippen LogP contribution is 2.49. The summed E-state index contributed by atoms with van der Waals surface area (Å²) in [6, 6.07) is -0.0468. The second-order valence-electron chi connectivity index (χ2n) is 12.4. The molecule has 8 rings (SSSR count). The SMILES string of the molecule is Fc1ccc(F)c(OB(Oc2c(F)c(F)c3c(F)c(F)c4c(F)c(F)c(F)c5c(F)c(F)c2c3c45)c2c(F)c(F)c(F)c3c(F)c4c(F)c(F)c(F)c(F)c4c(F)c23)c1F. The van der Waals surface area contributed by atoms with Crippen LogP contribution in [0.15, 0.2) is 12.1 Å². The van der Waals surface area contributed by atoms with Crippen molar-refractivity contribution in [2.75, 3.05) is 0 Å². The molecular formula is C36H2BF21O2. The Morgan fingerprint density at radius 1 is 0.233 bits per heavy atom. The van der Waals surface area contributed by atoms with Gasteiger partial charge < -0.3 is 9.31 Å². The molecule has 0 amide bonds. The Labute approximate surface area is 314 Å².